The molecule has 0 aliphatic carbocycles. The van der Waals surface area contributed by atoms with E-state index in [4.69, 9.17) is 0 Å². The molecule has 1 aromatic carbocycles. The molecule has 2 aromatic heterocycles. The van der Waals surface area contributed by atoms with Gasteiger partial charge in [-0.05, 0) is 36.6 Å². The Morgan fingerprint density at radius 3 is 2.84 bits per heavy atom. The zero-order valence-corrected chi connectivity index (χ0v) is 13.8. The summed E-state index contributed by atoms with van der Waals surface area (Å²) in [7, 11) is 0. The molecule has 1 N–H and O–H groups in total. The molecular formula is C20H19N3O2. The number of likely N-dealkylation sites (tertiary alicyclic amines) is 1. The van der Waals surface area contributed by atoms with Gasteiger partial charge in [-0.2, -0.15) is 0 Å². The summed E-state index contributed by atoms with van der Waals surface area (Å²) >= 11 is 0. The molecule has 126 valence electrons. The van der Waals surface area contributed by atoms with Crippen molar-refractivity contribution in [3.8, 4) is 0 Å². The maximum atomic E-state index is 13.2. The summed E-state index contributed by atoms with van der Waals surface area (Å²) in [5, 5.41) is 0.972. The number of hydrogen-bond acceptors (Lipinski definition) is 2. The van der Waals surface area contributed by atoms with Crippen LogP contribution in [0.3, 0.4) is 0 Å². The summed E-state index contributed by atoms with van der Waals surface area (Å²) in [6, 6.07) is 13.3. The lowest BCUT2D eigenvalue weighted by atomic mass is 9.83. The molecule has 1 fully saturated rings. The van der Waals surface area contributed by atoms with Gasteiger partial charge < -0.3 is 14.5 Å². The minimum Gasteiger partial charge on any atom is -0.361 e. The number of piperidine rings is 1. The first-order valence-electron chi connectivity index (χ1n) is 8.76. The molecule has 5 rings (SSSR count). The van der Waals surface area contributed by atoms with E-state index in [9.17, 15) is 9.59 Å². The SMILES string of the molecule is O=C(c1cccc2[nH]ccc12)N1C[C@H]2C[C@@H](C1)c1cccc(=O)n1C2. The average Bonchev–Trinajstić information content (AvgIpc) is 3.11. The van der Waals surface area contributed by atoms with Crippen LogP contribution in [0.15, 0.2) is 53.5 Å². The van der Waals surface area contributed by atoms with Crippen molar-refractivity contribution in [1.29, 1.82) is 0 Å². The monoisotopic (exact) mass is 333 g/mol. The van der Waals surface area contributed by atoms with Crippen LogP contribution in [-0.4, -0.2) is 33.4 Å². The Morgan fingerprint density at radius 1 is 1.04 bits per heavy atom. The lowest BCUT2D eigenvalue weighted by Crippen LogP contribution is -2.49. The first-order valence-corrected chi connectivity index (χ1v) is 8.76. The predicted octanol–water partition coefficient (Wildman–Crippen LogP) is 2.59. The Kier molecular flexibility index (Phi) is 3.10. The number of benzene rings is 1. The van der Waals surface area contributed by atoms with Gasteiger partial charge in [-0.15, -0.1) is 0 Å². The molecule has 3 aromatic rings. The molecule has 0 spiro atoms. The summed E-state index contributed by atoms with van der Waals surface area (Å²) in [4.78, 5) is 30.4. The second-order valence-corrected chi connectivity index (χ2v) is 7.15. The van der Waals surface area contributed by atoms with Gasteiger partial charge in [-0.3, -0.25) is 9.59 Å². The van der Waals surface area contributed by atoms with Crippen LogP contribution < -0.4 is 5.56 Å². The lowest BCUT2D eigenvalue weighted by molar-refractivity contribution is 0.0596. The van der Waals surface area contributed by atoms with Crippen molar-refractivity contribution < 1.29 is 4.79 Å². The highest BCUT2D eigenvalue weighted by Gasteiger charge is 2.36. The predicted molar refractivity (Wildman–Crippen MR) is 95.8 cm³/mol. The van der Waals surface area contributed by atoms with Crippen molar-refractivity contribution in [2.24, 2.45) is 5.92 Å². The zero-order chi connectivity index (χ0) is 17.0. The molecule has 0 saturated carbocycles. The molecular weight excluding hydrogens is 314 g/mol. The van der Waals surface area contributed by atoms with Crippen LogP contribution in [0.25, 0.3) is 10.9 Å². The highest BCUT2D eigenvalue weighted by Crippen LogP contribution is 2.35. The van der Waals surface area contributed by atoms with E-state index in [0.29, 0.717) is 19.0 Å². The van der Waals surface area contributed by atoms with Gasteiger partial charge in [0.25, 0.3) is 11.5 Å². The van der Waals surface area contributed by atoms with Crippen LogP contribution >= 0.6 is 0 Å². The summed E-state index contributed by atoms with van der Waals surface area (Å²) < 4.78 is 1.90. The van der Waals surface area contributed by atoms with E-state index < -0.39 is 0 Å². The third-order valence-electron chi connectivity index (χ3n) is 5.59. The minimum atomic E-state index is 0.0732. The van der Waals surface area contributed by atoms with Gasteiger partial charge in [0, 0.05) is 60.0 Å². The van der Waals surface area contributed by atoms with Gasteiger partial charge in [0.2, 0.25) is 0 Å². The zero-order valence-electron chi connectivity index (χ0n) is 13.8. The van der Waals surface area contributed by atoms with Crippen LogP contribution in [0, 0.1) is 5.92 Å². The standard InChI is InChI=1S/C20H19N3O2/c24-19-6-2-5-18-14-9-13(11-23(18)19)10-22(12-14)20(25)16-3-1-4-17-15(16)7-8-21-17/h1-8,13-14,21H,9-12H2/t13-,14+/m1/s1. The van der Waals surface area contributed by atoms with Crippen molar-refractivity contribution in [3.63, 3.8) is 0 Å². The summed E-state index contributed by atoms with van der Waals surface area (Å²) in [6.07, 6.45) is 2.93. The summed E-state index contributed by atoms with van der Waals surface area (Å²) in [6.45, 7) is 2.11. The van der Waals surface area contributed by atoms with E-state index in [-0.39, 0.29) is 17.4 Å². The van der Waals surface area contributed by atoms with Crippen LogP contribution in [0.1, 0.15) is 28.4 Å². The van der Waals surface area contributed by atoms with Crippen molar-refractivity contribution in [3.05, 3.63) is 70.3 Å². The highest BCUT2D eigenvalue weighted by atomic mass is 16.2. The number of aromatic nitrogens is 2. The van der Waals surface area contributed by atoms with Crippen molar-refractivity contribution in [1.82, 2.24) is 14.5 Å². The molecule has 0 radical (unpaired) electrons. The second kappa shape index (κ2) is 5.34. The molecule has 4 heterocycles. The van der Waals surface area contributed by atoms with E-state index in [1.165, 1.54) is 0 Å². The van der Waals surface area contributed by atoms with Crippen molar-refractivity contribution in [2.75, 3.05) is 13.1 Å². The van der Waals surface area contributed by atoms with Gasteiger partial charge in [0.15, 0.2) is 0 Å². The highest BCUT2D eigenvalue weighted by molar-refractivity contribution is 6.06. The molecule has 25 heavy (non-hydrogen) atoms. The van der Waals surface area contributed by atoms with Crippen LogP contribution in [0.5, 0.6) is 0 Å². The van der Waals surface area contributed by atoms with E-state index >= 15 is 0 Å². The molecule has 1 saturated heterocycles. The first-order chi connectivity index (χ1) is 12.2. The number of nitrogens with one attached hydrogen (secondary N) is 1. The number of rotatable bonds is 1. The number of pyridine rings is 1. The van der Waals surface area contributed by atoms with Crippen LogP contribution in [0.4, 0.5) is 0 Å². The Labute approximate surface area is 144 Å². The fourth-order valence-corrected chi connectivity index (χ4v) is 4.50. The largest absolute Gasteiger partial charge is 0.361 e. The Balaban J connectivity index is 1.50. The van der Waals surface area contributed by atoms with Crippen molar-refractivity contribution in [2.45, 2.75) is 18.9 Å². The van der Waals surface area contributed by atoms with Crippen LogP contribution in [0.2, 0.25) is 0 Å². The quantitative estimate of drug-likeness (QED) is 0.744. The minimum absolute atomic E-state index is 0.0732. The van der Waals surface area contributed by atoms with E-state index in [0.717, 1.165) is 35.1 Å². The number of H-pyrrole nitrogens is 1. The van der Waals surface area contributed by atoms with Gasteiger partial charge in [0.1, 0.15) is 0 Å². The fourth-order valence-electron chi connectivity index (χ4n) is 4.50. The van der Waals surface area contributed by atoms with E-state index in [1.54, 1.807) is 6.07 Å². The Morgan fingerprint density at radius 2 is 1.92 bits per heavy atom. The van der Waals surface area contributed by atoms with Crippen molar-refractivity contribution >= 4 is 16.8 Å². The number of hydrogen-bond donors (Lipinski definition) is 1. The number of nitrogens with zero attached hydrogens (tertiary/aromatic N) is 2. The number of fused-ring (bicyclic) bond motifs is 5. The normalized spacial score (nSPS) is 22.0. The molecule has 2 aliphatic heterocycles. The van der Waals surface area contributed by atoms with E-state index in [1.807, 2.05) is 52.1 Å². The number of carbonyl (C=O) groups excluding carboxylic acids is 1. The van der Waals surface area contributed by atoms with Crippen LogP contribution in [-0.2, 0) is 6.54 Å². The average molecular weight is 333 g/mol. The molecule has 2 aliphatic rings. The molecule has 0 unspecified atom stereocenters. The lowest BCUT2D eigenvalue weighted by Gasteiger charge is -2.42. The second-order valence-electron chi connectivity index (χ2n) is 7.15. The van der Waals surface area contributed by atoms with Gasteiger partial charge in [0.05, 0.1) is 0 Å². The third kappa shape index (κ3) is 2.22. The molecule has 5 heteroatoms. The molecule has 5 nitrogen and oxygen atoms in total. The third-order valence-corrected chi connectivity index (χ3v) is 5.59. The maximum absolute atomic E-state index is 13.2. The number of aromatic amines is 1. The summed E-state index contributed by atoms with van der Waals surface area (Å²) in [5.74, 6) is 0.683. The molecule has 1 amide bonds. The first kappa shape index (κ1) is 14.5. The maximum Gasteiger partial charge on any atom is 0.254 e. The van der Waals surface area contributed by atoms with E-state index in [2.05, 4.69) is 4.98 Å². The molecule has 2 atom stereocenters. The van der Waals surface area contributed by atoms with Gasteiger partial charge in [-0.25, -0.2) is 0 Å². The number of amides is 1. The van der Waals surface area contributed by atoms with Gasteiger partial charge >= 0.3 is 0 Å². The van der Waals surface area contributed by atoms with Gasteiger partial charge in [-0.1, -0.05) is 12.1 Å². The topological polar surface area (TPSA) is 58.1 Å². The summed E-state index contributed by atoms with van der Waals surface area (Å²) in [5.41, 5.74) is 2.88. The molecule has 2 bridgehead atoms. The Hall–Kier alpha value is -2.82. The smallest absolute Gasteiger partial charge is 0.254 e. The Bertz CT molecular complexity index is 1030. The fraction of sp³-hybridized carbons (Fsp3) is 0.300. The number of carbonyl (C=O) groups is 1.